The molecular formula is C25H40N4O2. The predicted molar refractivity (Wildman–Crippen MR) is 127 cm³/mol. The molecule has 172 valence electrons. The number of anilines is 1. The second-order valence-corrected chi connectivity index (χ2v) is 9.77. The Morgan fingerprint density at radius 2 is 1.77 bits per heavy atom. The van der Waals surface area contributed by atoms with Gasteiger partial charge in [-0.1, -0.05) is 26.2 Å². The first kappa shape index (κ1) is 23.6. The molecule has 1 aliphatic carbocycles. The van der Waals surface area contributed by atoms with E-state index in [1.807, 2.05) is 30.0 Å². The molecule has 3 amide bonds. The number of amides is 3. The smallest absolute Gasteiger partial charge is 0.319 e. The van der Waals surface area contributed by atoms with Crippen LogP contribution in [0.1, 0.15) is 67.8 Å². The molecule has 0 aromatic heterocycles. The summed E-state index contributed by atoms with van der Waals surface area (Å²) in [7, 11) is 4.20. The van der Waals surface area contributed by atoms with Gasteiger partial charge in [0.2, 0.25) is 0 Å². The van der Waals surface area contributed by atoms with Gasteiger partial charge in [0.25, 0.3) is 5.91 Å². The average Bonchev–Trinajstić information content (AvgIpc) is 2.76. The van der Waals surface area contributed by atoms with Crippen molar-refractivity contribution in [3.8, 4) is 0 Å². The van der Waals surface area contributed by atoms with Crippen molar-refractivity contribution < 1.29 is 9.59 Å². The number of piperidine rings is 1. The van der Waals surface area contributed by atoms with Crippen molar-refractivity contribution in [3.05, 3.63) is 29.3 Å². The Morgan fingerprint density at radius 3 is 2.39 bits per heavy atom. The number of nitrogens with zero attached hydrogens (tertiary/aromatic N) is 2. The van der Waals surface area contributed by atoms with Crippen LogP contribution in [0.3, 0.4) is 0 Å². The molecule has 1 saturated heterocycles. The Balaban J connectivity index is 1.54. The minimum Gasteiger partial charge on any atom is -0.339 e. The van der Waals surface area contributed by atoms with E-state index < -0.39 is 0 Å². The molecule has 0 radical (unpaired) electrons. The van der Waals surface area contributed by atoms with Crippen LogP contribution in [-0.4, -0.2) is 61.5 Å². The minimum absolute atomic E-state index is 0.0901. The van der Waals surface area contributed by atoms with E-state index in [0.717, 1.165) is 37.2 Å². The molecule has 1 aliphatic heterocycles. The van der Waals surface area contributed by atoms with E-state index in [1.54, 1.807) is 0 Å². The zero-order valence-corrected chi connectivity index (χ0v) is 19.7. The van der Waals surface area contributed by atoms with Crippen LogP contribution in [0.25, 0.3) is 0 Å². The quantitative estimate of drug-likeness (QED) is 0.701. The Bertz CT molecular complexity index is 750. The fourth-order valence-corrected chi connectivity index (χ4v) is 4.98. The fraction of sp³-hybridized carbons (Fsp3) is 0.680. The number of urea groups is 1. The first-order valence-corrected chi connectivity index (χ1v) is 12.0. The first-order valence-electron chi connectivity index (χ1n) is 12.0. The maximum Gasteiger partial charge on any atom is 0.319 e. The third kappa shape index (κ3) is 6.45. The Labute approximate surface area is 187 Å². The number of carbonyl (C=O) groups excluding carboxylic acids is 2. The van der Waals surface area contributed by atoms with Crippen LogP contribution < -0.4 is 10.6 Å². The second-order valence-electron chi connectivity index (χ2n) is 9.77. The van der Waals surface area contributed by atoms with E-state index in [9.17, 15) is 9.59 Å². The summed E-state index contributed by atoms with van der Waals surface area (Å²) in [4.78, 5) is 29.5. The van der Waals surface area contributed by atoms with Crippen LogP contribution >= 0.6 is 0 Å². The van der Waals surface area contributed by atoms with Crippen molar-refractivity contribution in [2.45, 2.75) is 64.8 Å². The van der Waals surface area contributed by atoms with Gasteiger partial charge < -0.3 is 20.4 Å². The number of benzene rings is 1. The van der Waals surface area contributed by atoms with Gasteiger partial charge in [-0.05, 0) is 82.3 Å². The number of hydrogen-bond acceptors (Lipinski definition) is 3. The lowest BCUT2D eigenvalue weighted by molar-refractivity contribution is 0.0697. The van der Waals surface area contributed by atoms with E-state index in [1.165, 1.54) is 32.1 Å². The first-order chi connectivity index (χ1) is 14.8. The number of likely N-dealkylation sites (tertiary alicyclic amines) is 1. The highest BCUT2D eigenvalue weighted by atomic mass is 16.2. The molecule has 0 unspecified atom stereocenters. The largest absolute Gasteiger partial charge is 0.339 e. The number of rotatable bonds is 6. The molecule has 1 atom stereocenters. The van der Waals surface area contributed by atoms with Gasteiger partial charge >= 0.3 is 6.03 Å². The molecular weight excluding hydrogens is 388 g/mol. The molecule has 2 aliphatic rings. The summed E-state index contributed by atoms with van der Waals surface area (Å²) in [6.45, 7) is 6.49. The van der Waals surface area contributed by atoms with E-state index in [4.69, 9.17) is 0 Å². The van der Waals surface area contributed by atoms with Crippen LogP contribution in [0, 0.1) is 18.8 Å². The highest BCUT2D eigenvalue weighted by molar-refractivity contribution is 5.96. The van der Waals surface area contributed by atoms with Gasteiger partial charge in [0.1, 0.15) is 0 Å². The molecule has 2 fully saturated rings. The molecule has 0 bridgehead atoms. The molecule has 3 rings (SSSR count). The van der Waals surface area contributed by atoms with Gasteiger partial charge in [-0.2, -0.15) is 0 Å². The summed E-state index contributed by atoms with van der Waals surface area (Å²) >= 11 is 0. The van der Waals surface area contributed by atoms with Crippen LogP contribution in [0.4, 0.5) is 10.5 Å². The summed E-state index contributed by atoms with van der Waals surface area (Å²) in [5.41, 5.74) is 2.35. The topological polar surface area (TPSA) is 64.7 Å². The van der Waals surface area contributed by atoms with Gasteiger partial charge in [-0.15, -0.1) is 0 Å². The maximum atomic E-state index is 12.8. The van der Waals surface area contributed by atoms with E-state index in [2.05, 4.69) is 36.6 Å². The van der Waals surface area contributed by atoms with Gasteiger partial charge in [0.05, 0.1) is 0 Å². The van der Waals surface area contributed by atoms with E-state index in [-0.39, 0.29) is 11.9 Å². The lowest BCUT2D eigenvalue weighted by Crippen LogP contribution is -2.46. The summed E-state index contributed by atoms with van der Waals surface area (Å²) in [6, 6.07) is 5.74. The fourth-order valence-electron chi connectivity index (χ4n) is 4.98. The van der Waals surface area contributed by atoms with Gasteiger partial charge in [0.15, 0.2) is 0 Å². The standard InChI is InChI=1S/C25H40N4O2/c1-18-12-14-29(15-13-18)24(30)21-10-11-22(19(2)16-21)27-25(31)26-17-23(28(3)4)20-8-6-5-7-9-20/h10-11,16,18,20,23H,5-9,12-15,17H2,1-4H3,(H2,26,27,31)/t23-/m0/s1. The third-order valence-electron chi connectivity index (χ3n) is 7.12. The van der Waals surface area contributed by atoms with Crippen molar-refractivity contribution in [3.63, 3.8) is 0 Å². The van der Waals surface area contributed by atoms with Gasteiger partial charge in [-0.3, -0.25) is 4.79 Å². The molecule has 6 heteroatoms. The van der Waals surface area contributed by atoms with Crippen molar-refractivity contribution in [2.75, 3.05) is 39.0 Å². The van der Waals surface area contributed by atoms with Crippen molar-refractivity contribution in [1.82, 2.24) is 15.1 Å². The molecule has 2 N–H and O–H groups in total. The van der Waals surface area contributed by atoms with Crippen molar-refractivity contribution in [2.24, 2.45) is 11.8 Å². The van der Waals surface area contributed by atoms with Crippen molar-refractivity contribution in [1.29, 1.82) is 0 Å². The van der Waals surface area contributed by atoms with Crippen LogP contribution in [-0.2, 0) is 0 Å². The summed E-state index contributed by atoms with van der Waals surface area (Å²) in [5, 5.41) is 6.03. The Hall–Kier alpha value is -2.08. The highest BCUT2D eigenvalue weighted by Crippen LogP contribution is 2.28. The van der Waals surface area contributed by atoms with Crippen LogP contribution in [0.2, 0.25) is 0 Å². The summed E-state index contributed by atoms with van der Waals surface area (Å²) in [6.07, 6.45) is 8.55. The average molecular weight is 429 g/mol. The lowest BCUT2D eigenvalue weighted by Gasteiger charge is -2.35. The summed E-state index contributed by atoms with van der Waals surface area (Å²) < 4.78 is 0. The number of likely N-dealkylation sites (N-methyl/N-ethyl adjacent to an activating group) is 1. The normalized spacial score (nSPS) is 19.3. The van der Waals surface area contributed by atoms with Gasteiger partial charge in [0, 0.05) is 36.9 Å². The van der Waals surface area contributed by atoms with Crippen molar-refractivity contribution >= 4 is 17.6 Å². The Kier molecular flexibility index (Phi) is 8.35. The van der Waals surface area contributed by atoms with Gasteiger partial charge in [-0.25, -0.2) is 4.79 Å². The molecule has 6 nitrogen and oxygen atoms in total. The predicted octanol–water partition coefficient (Wildman–Crippen LogP) is 4.50. The Morgan fingerprint density at radius 1 is 1.10 bits per heavy atom. The van der Waals surface area contributed by atoms with Crippen LogP contribution in [0.15, 0.2) is 18.2 Å². The molecule has 0 spiro atoms. The molecule has 1 aromatic rings. The zero-order chi connectivity index (χ0) is 22.4. The number of nitrogens with one attached hydrogen (secondary N) is 2. The van der Waals surface area contributed by atoms with E-state index in [0.29, 0.717) is 30.0 Å². The van der Waals surface area contributed by atoms with E-state index >= 15 is 0 Å². The second kappa shape index (κ2) is 11.0. The number of aryl methyl sites for hydroxylation is 1. The highest BCUT2D eigenvalue weighted by Gasteiger charge is 2.26. The SMILES string of the molecule is Cc1cc(C(=O)N2CCC(C)CC2)ccc1NC(=O)NC[C@@H](C1CCCCC1)N(C)C. The maximum absolute atomic E-state index is 12.8. The zero-order valence-electron chi connectivity index (χ0n) is 19.7. The number of hydrogen-bond donors (Lipinski definition) is 2. The molecule has 1 saturated carbocycles. The minimum atomic E-state index is -0.185. The molecule has 1 heterocycles. The molecule has 31 heavy (non-hydrogen) atoms. The number of carbonyl (C=O) groups is 2. The van der Waals surface area contributed by atoms with Crippen LogP contribution in [0.5, 0.6) is 0 Å². The lowest BCUT2D eigenvalue weighted by atomic mass is 9.83. The summed E-state index contributed by atoms with van der Waals surface area (Å²) in [5.74, 6) is 1.43. The molecule has 1 aromatic carbocycles. The monoisotopic (exact) mass is 428 g/mol. The third-order valence-corrected chi connectivity index (χ3v) is 7.12.